The third-order valence-corrected chi connectivity index (χ3v) is 1.57. The minimum atomic E-state index is -0.792. The molecule has 89 valence electrons. The molecule has 15 heavy (non-hydrogen) atoms. The predicted octanol–water partition coefficient (Wildman–Crippen LogP) is 0.735. The molecule has 0 unspecified atom stereocenters. The van der Waals surface area contributed by atoms with Crippen LogP contribution in [0, 0.1) is 6.92 Å². The van der Waals surface area contributed by atoms with Crippen LogP contribution < -0.4 is 0 Å². The van der Waals surface area contributed by atoms with Crippen molar-refractivity contribution in [1.29, 1.82) is 0 Å². The molecule has 5 heteroatoms. The summed E-state index contributed by atoms with van der Waals surface area (Å²) in [5.74, 6) is -0.792. The summed E-state index contributed by atoms with van der Waals surface area (Å²) in [6.07, 6.45) is 0.693. The average Bonchev–Trinajstić information content (AvgIpc) is 2.20. The molecule has 0 saturated heterocycles. The van der Waals surface area contributed by atoms with Crippen LogP contribution in [-0.4, -0.2) is 50.7 Å². The fourth-order valence-corrected chi connectivity index (χ4v) is 0.867. The molecule has 0 aliphatic carbocycles. The van der Waals surface area contributed by atoms with E-state index in [2.05, 4.69) is 6.92 Å². The Morgan fingerprint density at radius 3 is 2.07 bits per heavy atom. The summed E-state index contributed by atoms with van der Waals surface area (Å²) in [5, 5.41) is 8.34. The maximum Gasteiger partial charge on any atom is 0.303 e. The Balaban J connectivity index is 2.89. The summed E-state index contributed by atoms with van der Waals surface area (Å²) in [6, 6.07) is 0. The van der Waals surface area contributed by atoms with Crippen molar-refractivity contribution in [2.45, 2.75) is 12.8 Å². The molecule has 0 aliphatic heterocycles. The zero-order valence-corrected chi connectivity index (χ0v) is 8.94. The molecule has 1 N–H and O–H groups in total. The first-order valence-corrected chi connectivity index (χ1v) is 5.01. The van der Waals surface area contributed by atoms with E-state index in [4.69, 9.17) is 19.3 Å². The molecule has 0 aliphatic rings. The standard InChI is InChI=1S/C10H19O5/c1-2-13-6-7-15-9-8-14-5-3-4-10(11)12/h1-9H2,(H,11,12). The first-order valence-electron chi connectivity index (χ1n) is 5.01. The van der Waals surface area contributed by atoms with Crippen molar-refractivity contribution < 1.29 is 24.1 Å². The van der Waals surface area contributed by atoms with Gasteiger partial charge in [-0.15, -0.1) is 0 Å². The second-order valence-corrected chi connectivity index (χ2v) is 2.83. The quantitative estimate of drug-likeness (QED) is 0.519. The van der Waals surface area contributed by atoms with Crippen molar-refractivity contribution in [2.24, 2.45) is 0 Å². The molecule has 0 spiro atoms. The van der Waals surface area contributed by atoms with Crippen LogP contribution in [0.5, 0.6) is 0 Å². The maximum absolute atomic E-state index is 10.1. The highest BCUT2D eigenvalue weighted by Crippen LogP contribution is 1.90. The van der Waals surface area contributed by atoms with Gasteiger partial charge in [-0.3, -0.25) is 4.79 Å². The van der Waals surface area contributed by atoms with Gasteiger partial charge >= 0.3 is 5.97 Å². The van der Waals surface area contributed by atoms with Crippen molar-refractivity contribution in [2.75, 3.05) is 39.6 Å². The topological polar surface area (TPSA) is 65.0 Å². The van der Waals surface area contributed by atoms with Gasteiger partial charge in [-0.2, -0.15) is 0 Å². The fourth-order valence-electron chi connectivity index (χ4n) is 0.867. The number of carboxylic acids is 1. The molecule has 0 heterocycles. The summed E-state index contributed by atoms with van der Waals surface area (Å²) in [6.45, 7) is 6.51. The SMILES string of the molecule is [CH2]COCCOCCOCCCC(=O)O. The average molecular weight is 219 g/mol. The molecule has 0 aromatic carbocycles. The highest BCUT2D eigenvalue weighted by atomic mass is 16.5. The van der Waals surface area contributed by atoms with E-state index in [-0.39, 0.29) is 6.42 Å². The first kappa shape index (κ1) is 14.3. The molecular formula is C10H19O5. The molecule has 1 radical (unpaired) electrons. The smallest absolute Gasteiger partial charge is 0.303 e. The predicted molar refractivity (Wildman–Crippen MR) is 54.7 cm³/mol. The van der Waals surface area contributed by atoms with Crippen molar-refractivity contribution in [3.63, 3.8) is 0 Å². The monoisotopic (exact) mass is 219 g/mol. The summed E-state index contributed by atoms with van der Waals surface area (Å²) < 4.78 is 15.3. The maximum atomic E-state index is 10.1. The zero-order valence-electron chi connectivity index (χ0n) is 8.94. The molecule has 5 nitrogen and oxygen atoms in total. The van der Waals surface area contributed by atoms with E-state index in [9.17, 15) is 4.79 Å². The van der Waals surface area contributed by atoms with Crippen LogP contribution in [0.4, 0.5) is 0 Å². The van der Waals surface area contributed by atoms with E-state index < -0.39 is 5.97 Å². The lowest BCUT2D eigenvalue weighted by molar-refractivity contribution is -0.137. The normalized spacial score (nSPS) is 10.5. The molecule has 0 bridgehead atoms. The Kier molecular flexibility index (Phi) is 10.9. The lowest BCUT2D eigenvalue weighted by atomic mass is 10.3. The summed E-state index contributed by atoms with van der Waals surface area (Å²) >= 11 is 0. The van der Waals surface area contributed by atoms with E-state index in [1.54, 1.807) is 0 Å². The fraction of sp³-hybridized carbons (Fsp3) is 0.800. The Labute approximate surface area is 90.3 Å². The molecule has 0 fully saturated rings. The van der Waals surface area contributed by atoms with Crippen LogP contribution in [0.15, 0.2) is 0 Å². The van der Waals surface area contributed by atoms with Gasteiger partial charge in [0.15, 0.2) is 0 Å². The molecule has 0 amide bonds. The Hall–Kier alpha value is -0.650. The van der Waals surface area contributed by atoms with Gasteiger partial charge in [0, 0.05) is 19.6 Å². The van der Waals surface area contributed by atoms with Crippen LogP contribution in [0.1, 0.15) is 12.8 Å². The van der Waals surface area contributed by atoms with Crippen molar-refractivity contribution in [1.82, 2.24) is 0 Å². The highest BCUT2D eigenvalue weighted by Gasteiger charge is 1.96. The van der Waals surface area contributed by atoms with Crippen LogP contribution >= 0.6 is 0 Å². The lowest BCUT2D eigenvalue weighted by Crippen LogP contribution is -2.10. The zero-order chi connectivity index (χ0) is 11.4. The van der Waals surface area contributed by atoms with Gasteiger partial charge in [-0.25, -0.2) is 0 Å². The minimum Gasteiger partial charge on any atom is -0.481 e. The van der Waals surface area contributed by atoms with Gasteiger partial charge in [0.2, 0.25) is 0 Å². The van der Waals surface area contributed by atoms with Gasteiger partial charge < -0.3 is 19.3 Å². The number of aliphatic carboxylic acids is 1. The third kappa shape index (κ3) is 13.3. The van der Waals surface area contributed by atoms with Crippen LogP contribution in [-0.2, 0) is 19.0 Å². The van der Waals surface area contributed by atoms with Gasteiger partial charge in [0.05, 0.1) is 26.4 Å². The van der Waals surface area contributed by atoms with Crippen LogP contribution in [0.3, 0.4) is 0 Å². The number of ether oxygens (including phenoxy) is 3. The van der Waals surface area contributed by atoms with E-state index in [1.165, 1.54) is 0 Å². The van der Waals surface area contributed by atoms with E-state index in [1.807, 2.05) is 0 Å². The van der Waals surface area contributed by atoms with E-state index in [0.717, 1.165) is 0 Å². The van der Waals surface area contributed by atoms with E-state index >= 15 is 0 Å². The molecule has 0 aromatic rings. The molecule has 0 saturated carbocycles. The van der Waals surface area contributed by atoms with Crippen molar-refractivity contribution >= 4 is 5.97 Å². The second-order valence-electron chi connectivity index (χ2n) is 2.83. The molecule has 0 aromatic heterocycles. The van der Waals surface area contributed by atoms with Gasteiger partial charge in [0.25, 0.3) is 0 Å². The van der Waals surface area contributed by atoms with Crippen LogP contribution in [0.25, 0.3) is 0 Å². The minimum absolute atomic E-state index is 0.151. The summed E-state index contributed by atoms with van der Waals surface area (Å²) in [4.78, 5) is 10.1. The lowest BCUT2D eigenvalue weighted by Gasteiger charge is -2.05. The number of carbonyl (C=O) groups is 1. The van der Waals surface area contributed by atoms with Gasteiger partial charge in [0.1, 0.15) is 0 Å². The van der Waals surface area contributed by atoms with Crippen molar-refractivity contribution in [3.8, 4) is 0 Å². The number of carboxylic acid groups (broad SMARTS) is 1. The summed E-state index contributed by atoms with van der Waals surface area (Å²) in [7, 11) is 0. The number of rotatable bonds is 11. The molecule has 0 atom stereocenters. The largest absolute Gasteiger partial charge is 0.481 e. The van der Waals surface area contributed by atoms with Gasteiger partial charge in [-0.1, -0.05) is 0 Å². The third-order valence-electron chi connectivity index (χ3n) is 1.57. The number of hydrogen-bond acceptors (Lipinski definition) is 4. The Morgan fingerprint density at radius 2 is 1.53 bits per heavy atom. The first-order chi connectivity index (χ1) is 7.27. The number of hydrogen-bond donors (Lipinski definition) is 1. The van der Waals surface area contributed by atoms with Crippen molar-refractivity contribution in [3.05, 3.63) is 6.92 Å². The molecule has 0 rings (SSSR count). The summed E-state index contributed by atoms with van der Waals surface area (Å²) in [5.41, 5.74) is 0. The van der Waals surface area contributed by atoms with Gasteiger partial charge in [-0.05, 0) is 13.3 Å². The second kappa shape index (κ2) is 11.4. The molecular weight excluding hydrogens is 200 g/mol. The Morgan fingerprint density at radius 1 is 1.00 bits per heavy atom. The van der Waals surface area contributed by atoms with E-state index in [0.29, 0.717) is 46.1 Å². The highest BCUT2D eigenvalue weighted by molar-refractivity contribution is 5.66. The van der Waals surface area contributed by atoms with Crippen LogP contribution in [0.2, 0.25) is 0 Å². The Bertz CT molecular complexity index is 149.